The molecule has 132 valence electrons. The monoisotopic (exact) mass is 340 g/mol. The van der Waals surface area contributed by atoms with Gasteiger partial charge in [0.05, 0.1) is 5.69 Å². The highest BCUT2D eigenvalue weighted by Gasteiger charge is 2.38. The Bertz CT molecular complexity index is 762. The molecule has 1 atom stereocenters. The molecule has 0 aliphatic carbocycles. The highest BCUT2D eigenvalue weighted by molar-refractivity contribution is 5.98. The molecule has 0 unspecified atom stereocenters. The van der Waals surface area contributed by atoms with Crippen molar-refractivity contribution in [2.75, 3.05) is 11.9 Å². The number of H-pyrrole nitrogens is 1. The largest absolute Gasteiger partial charge is 0.330 e. The van der Waals surface area contributed by atoms with Crippen LogP contribution in [0.3, 0.4) is 0 Å². The quantitative estimate of drug-likeness (QED) is 0.901. The Kier molecular flexibility index (Phi) is 4.61. The number of nitrogens with one attached hydrogen (secondary N) is 2. The number of anilines is 1. The van der Waals surface area contributed by atoms with Crippen molar-refractivity contribution in [2.45, 2.75) is 39.7 Å². The van der Waals surface area contributed by atoms with Crippen LogP contribution in [0.1, 0.15) is 33.6 Å². The number of rotatable bonds is 3. The zero-order valence-corrected chi connectivity index (χ0v) is 14.9. The summed E-state index contributed by atoms with van der Waals surface area (Å²) in [5, 5.41) is 9.82. The lowest BCUT2D eigenvalue weighted by Crippen LogP contribution is -2.47. The van der Waals surface area contributed by atoms with Crippen molar-refractivity contribution in [3.8, 4) is 11.3 Å². The highest BCUT2D eigenvalue weighted by Crippen LogP contribution is 2.27. The van der Waals surface area contributed by atoms with E-state index < -0.39 is 11.5 Å². The maximum atomic E-state index is 12.7. The number of amides is 2. The molecule has 1 fully saturated rings. The Balaban J connectivity index is 1.74. The molecule has 1 saturated heterocycles. The van der Waals surface area contributed by atoms with Gasteiger partial charge in [-0.25, -0.2) is 0 Å². The van der Waals surface area contributed by atoms with Gasteiger partial charge in [-0.2, -0.15) is 5.10 Å². The topological polar surface area (TPSA) is 78.1 Å². The van der Waals surface area contributed by atoms with Crippen LogP contribution in [0, 0.1) is 5.41 Å². The molecular formula is C19H24N4O2. The smallest absolute Gasteiger partial charge is 0.247 e. The summed E-state index contributed by atoms with van der Waals surface area (Å²) in [4.78, 5) is 27.0. The minimum atomic E-state index is -0.483. The molecule has 2 aromatic rings. The van der Waals surface area contributed by atoms with Gasteiger partial charge in [0.2, 0.25) is 11.8 Å². The molecule has 25 heavy (non-hydrogen) atoms. The number of carbonyl (C=O) groups is 2. The summed E-state index contributed by atoms with van der Waals surface area (Å²) >= 11 is 0. The van der Waals surface area contributed by atoms with E-state index in [1.807, 2.05) is 51.1 Å². The maximum absolute atomic E-state index is 12.7. The molecule has 1 aliphatic rings. The number of aromatic nitrogens is 2. The lowest BCUT2D eigenvalue weighted by Gasteiger charge is -2.30. The van der Waals surface area contributed by atoms with Gasteiger partial charge in [0.1, 0.15) is 6.04 Å². The second-order valence-corrected chi connectivity index (χ2v) is 7.45. The Morgan fingerprint density at radius 3 is 2.76 bits per heavy atom. The van der Waals surface area contributed by atoms with E-state index in [1.165, 1.54) is 0 Å². The Morgan fingerprint density at radius 2 is 2.08 bits per heavy atom. The second-order valence-electron chi connectivity index (χ2n) is 7.45. The van der Waals surface area contributed by atoms with Gasteiger partial charge in [-0.1, -0.05) is 32.9 Å². The Morgan fingerprint density at radius 1 is 1.28 bits per heavy atom. The van der Waals surface area contributed by atoms with Crippen LogP contribution in [-0.2, 0) is 9.59 Å². The van der Waals surface area contributed by atoms with E-state index in [-0.39, 0.29) is 11.8 Å². The van der Waals surface area contributed by atoms with Crippen LogP contribution in [0.2, 0.25) is 0 Å². The fraction of sp³-hybridized carbons (Fsp3) is 0.421. The summed E-state index contributed by atoms with van der Waals surface area (Å²) in [6.07, 6.45) is 3.25. The van der Waals surface area contributed by atoms with Gasteiger partial charge >= 0.3 is 0 Å². The first-order valence-electron chi connectivity index (χ1n) is 8.58. The third-order valence-electron chi connectivity index (χ3n) is 4.40. The summed E-state index contributed by atoms with van der Waals surface area (Å²) in [6, 6.07) is 9.07. The lowest BCUT2D eigenvalue weighted by atomic mass is 9.94. The van der Waals surface area contributed by atoms with Gasteiger partial charge in [0.25, 0.3) is 0 Å². The molecule has 1 aromatic heterocycles. The van der Waals surface area contributed by atoms with Crippen LogP contribution in [-0.4, -0.2) is 39.5 Å². The average molecular weight is 340 g/mol. The van der Waals surface area contributed by atoms with Gasteiger partial charge in [-0.05, 0) is 31.0 Å². The fourth-order valence-corrected chi connectivity index (χ4v) is 3.12. The van der Waals surface area contributed by atoms with Crippen LogP contribution in [0.25, 0.3) is 11.3 Å². The van der Waals surface area contributed by atoms with Gasteiger partial charge in [0, 0.05) is 29.4 Å². The van der Waals surface area contributed by atoms with Crippen molar-refractivity contribution in [3.05, 3.63) is 36.5 Å². The molecule has 0 radical (unpaired) electrons. The number of aromatic amines is 1. The molecule has 6 nitrogen and oxygen atoms in total. The molecule has 1 aliphatic heterocycles. The first kappa shape index (κ1) is 17.2. The van der Waals surface area contributed by atoms with Crippen molar-refractivity contribution in [3.63, 3.8) is 0 Å². The molecule has 2 N–H and O–H groups in total. The summed E-state index contributed by atoms with van der Waals surface area (Å²) in [6.45, 7) is 6.30. The molecule has 0 spiro atoms. The molecular weight excluding hydrogens is 316 g/mol. The van der Waals surface area contributed by atoms with E-state index in [0.29, 0.717) is 18.7 Å². The number of hydrogen-bond donors (Lipinski definition) is 2. The van der Waals surface area contributed by atoms with Crippen molar-refractivity contribution in [1.82, 2.24) is 15.1 Å². The van der Waals surface area contributed by atoms with Crippen LogP contribution in [0.5, 0.6) is 0 Å². The van der Waals surface area contributed by atoms with Crippen molar-refractivity contribution in [2.24, 2.45) is 5.41 Å². The van der Waals surface area contributed by atoms with Crippen molar-refractivity contribution >= 4 is 17.5 Å². The van der Waals surface area contributed by atoms with Crippen LogP contribution in [0.15, 0.2) is 36.5 Å². The zero-order chi connectivity index (χ0) is 18.0. The number of benzene rings is 1. The van der Waals surface area contributed by atoms with E-state index in [9.17, 15) is 9.59 Å². The second kappa shape index (κ2) is 6.70. The molecule has 2 amide bonds. The predicted molar refractivity (Wildman–Crippen MR) is 96.8 cm³/mol. The Hall–Kier alpha value is -2.63. The normalized spacial score (nSPS) is 17.6. The summed E-state index contributed by atoms with van der Waals surface area (Å²) < 4.78 is 0. The van der Waals surface area contributed by atoms with Gasteiger partial charge in [0.15, 0.2) is 0 Å². The molecule has 0 bridgehead atoms. The number of likely N-dealkylation sites (tertiary alicyclic amines) is 1. The maximum Gasteiger partial charge on any atom is 0.247 e. The summed E-state index contributed by atoms with van der Waals surface area (Å²) in [5.41, 5.74) is 2.07. The third kappa shape index (κ3) is 3.73. The lowest BCUT2D eigenvalue weighted by molar-refractivity contribution is -0.143. The van der Waals surface area contributed by atoms with Gasteiger partial charge < -0.3 is 10.2 Å². The first-order chi connectivity index (χ1) is 11.9. The van der Waals surface area contributed by atoms with Crippen LogP contribution in [0.4, 0.5) is 5.69 Å². The van der Waals surface area contributed by atoms with Crippen LogP contribution < -0.4 is 5.32 Å². The van der Waals surface area contributed by atoms with E-state index in [1.54, 1.807) is 11.1 Å². The minimum absolute atomic E-state index is 0.0244. The fourth-order valence-electron chi connectivity index (χ4n) is 3.12. The van der Waals surface area contributed by atoms with E-state index in [0.717, 1.165) is 17.7 Å². The van der Waals surface area contributed by atoms with E-state index >= 15 is 0 Å². The molecule has 0 saturated carbocycles. The molecule has 2 heterocycles. The number of nitrogens with zero attached hydrogens (tertiary/aromatic N) is 2. The molecule has 3 rings (SSSR count). The van der Waals surface area contributed by atoms with Crippen molar-refractivity contribution < 1.29 is 9.59 Å². The predicted octanol–water partition coefficient (Wildman–Crippen LogP) is 3.05. The number of hydrogen-bond acceptors (Lipinski definition) is 3. The number of carbonyl (C=O) groups excluding carboxylic acids is 2. The SMILES string of the molecule is CC(C)(C)C(=O)N1CCC[C@@H]1C(=O)Nc1cccc(-c2ccn[nH]2)c1. The zero-order valence-electron chi connectivity index (χ0n) is 14.9. The first-order valence-corrected chi connectivity index (χ1v) is 8.58. The molecule has 6 heteroatoms. The van der Waals surface area contributed by atoms with Gasteiger partial charge in [-0.3, -0.25) is 14.7 Å². The summed E-state index contributed by atoms with van der Waals surface area (Å²) in [5.74, 6) is -0.103. The van der Waals surface area contributed by atoms with Crippen molar-refractivity contribution in [1.29, 1.82) is 0 Å². The minimum Gasteiger partial charge on any atom is -0.330 e. The Labute approximate surface area is 147 Å². The molecule has 1 aromatic carbocycles. The highest BCUT2D eigenvalue weighted by atomic mass is 16.2. The third-order valence-corrected chi connectivity index (χ3v) is 4.40. The average Bonchev–Trinajstić information content (AvgIpc) is 3.25. The van der Waals surface area contributed by atoms with Gasteiger partial charge in [-0.15, -0.1) is 0 Å². The van der Waals surface area contributed by atoms with E-state index in [4.69, 9.17) is 0 Å². The standard InChI is InChI=1S/C19H24N4O2/c1-19(2,3)18(25)23-11-5-8-16(23)17(24)21-14-7-4-6-13(12-14)15-9-10-20-22-15/h4,6-7,9-10,12,16H,5,8,11H2,1-3H3,(H,20,22)(H,21,24)/t16-/m1/s1. The van der Waals surface area contributed by atoms with E-state index in [2.05, 4.69) is 15.5 Å². The summed E-state index contributed by atoms with van der Waals surface area (Å²) in [7, 11) is 0. The van der Waals surface area contributed by atoms with Crippen LogP contribution >= 0.6 is 0 Å².